The third-order valence-corrected chi connectivity index (χ3v) is 4.13. The predicted octanol–water partition coefficient (Wildman–Crippen LogP) is 0.246. The fraction of sp³-hybridized carbons (Fsp3) is 0.556. The van der Waals surface area contributed by atoms with Crippen LogP contribution in [0.3, 0.4) is 0 Å². The molecule has 0 unspecified atom stereocenters. The molecule has 1 aromatic heterocycles. The summed E-state index contributed by atoms with van der Waals surface area (Å²) < 4.78 is 24.5. The molecule has 0 aliphatic carbocycles. The summed E-state index contributed by atoms with van der Waals surface area (Å²) in [5.41, 5.74) is 1.89. The van der Waals surface area contributed by atoms with Gasteiger partial charge in [0.1, 0.15) is 6.07 Å². The monoisotopic (exact) mass is 225 g/mol. The van der Waals surface area contributed by atoms with E-state index < -0.39 is 9.84 Å². The minimum atomic E-state index is -2.99. The maximum Gasteiger partial charge on any atom is 0.166 e. The SMILES string of the molecule is CCn1nc(C#N)c2c1CS(=O)(=O)CC2. The van der Waals surface area contributed by atoms with Crippen molar-refractivity contribution in [3.05, 3.63) is 17.0 Å². The number of sulfone groups is 1. The van der Waals surface area contributed by atoms with Gasteiger partial charge in [0, 0.05) is 12.1 Å². The van der Waals surface area contributed by atoms with Crippen LogP contribution in [0.5, 0.6) is 0 Å². The molecule has 1 aliphatic rings. The van der Waals surface area contributed by atoms with Gasteiger partial charge in [-0.15, -0.1) is 0 Å². The molecule has 0 aromatic carbocycles. The highest BCUT2D eigenvalue weighted by Gasteiger charge is 2.28. The zero-order chi connectivity index (χ0) is 11.1. The lowest BCUT2D eigenvalue weighted by atomic mass is 10.1. The van der Waals surface area contributed by atoms with Crippen molar-refractivity contribution in [2.75, 3.05) is 5.75 Å². The van der Waals surface area contributed by atoms with E-state index in [4.69, 9.17) is 5.26 Å². The molecule has 2 rings (SSSR count). The summed E-state index contributed by atoms with van der Waals surface area (Å²) in [6.45, 7) is 2.48. The van der Waals surface area contributed by atoms with Crippen molar-refractivity contribution in [2.24, 2.45) is 0 Å². The van der Waals surface area contributed by atoms with Crippen molar-refractivity contribution >= 4 is 9.84 Å². The Morgan fingerprint density at radius 1 is 1.60 bits per heavy atom. The van der Waals surface area contributed by atoms with Gasteiger partial charge < -0.3 is 0 Å². The van der Waals surface area contributed by atoms with E-state index in [-0.39, 0.29) is 11.5 Å². The van der Waals surface area contributed by atoms with Gasteiger partial charge >= 0.3 is 0 Å². The van der Waals surface area contributed by atoms with E-state index in [9.17, 15) is 8.42 Å². The van der Waals surface area contributed by atoms with E-state index in [1.54, 1.807) is 4.68 Å². The van der Waals surface area contributed by atoms with Crippen molar-refractivity contribution in [3.63, 3.8) is 0 Å². The maximum absolute atomic E-state index is 11.5. The smallest absolute Gasteiger partial charge is 0.166 e. The molecule has 2 heterocycles. The van der Waals surface area contributed by atoms with Crippen LogP contribution in [0, 0.1) is 11.3 Å². The predicted molar refractivity (Wildman–Crippen MR) is 53.8 cm³/mol. The van der Waals surface area contributed by atoms with Crippen molar-refractivity contribution in [3.8, 4) is 6.07 Å². The molecule has 15 heavy (non-hydrogen) atoms. The Balaban J connectivity index is 2.59. The first-order valence-electron chi connectivity index (χ1n) is 4.76. The molecule has 0 fully saturated rings. The van der Waals surface area contributed by atoms with Gasteiger partial charge in [-0.2, -0.15) is 10.4 Å². The summed E-state index contributed by atoms with van der Waals surface area (Å²) in [6, 6.07) is 2.01. The normalized spacial score (nSPS) is 18.1. The summed E-state index contributed by atoms with van der Waals surface area (Å²) in [7, 11) is -2.99. The summed E-state index contributed by atoms with van der Waals surface area (Å²) in [5.74, 6) is 0.148. The third-order valence-electron chi connectivity index (χ3n) is 2.59. The highest BCUT2D eigenvalue weighted by atomic mass is 32.2. The number of nitrogens with zero attached hydrogens (tertiary/aromatic N) is 3. The minimum Gasteiger partial charge on any atom is -0.267 e. The summed E-state index contributed by atoms with van der Waals surface area (Å²) in [5, 5.41) is 12.9. The van der Waals surface area contributed by atoms with E-state index in [1.165, 1.54) is 0 Å². The van der Waals surface area contributed by atoms with Gasteiger partial charge in [0.05, 0.1) is 17.2 Å². The summed E-state index contributed by atoms with van der Waals surface area (Å²) in [4.78, 5) is 0. The largest absolute Gasteiger partial charge is 0.267 e. The van der Waals surface area contributed by atoms with Crippen molar-refractivity contribution < 1.29 is 8.42 Å². The van der Waals surface area contributed by atoms with E-state index in [0.29, 0.717) is 24.4 Å². The molecular formula is C9H11N3O2S. The molecule has 0 N–H and O–H groups in total. The number of hydrogen-bond donors (Lipinski definition) is 0. The van der Waals surface area contributed by atoms with Crippen molar-refractivity contribution in [1.82, 2.24) is 9.78 Å². The molecular weight excluding hydrogens is 214 g/mol. The van der Waals surface area contributed by atoms with Crippen LogP contribution in [0.2, 0.25) is 0 Å². The van der Waals surface area contributed by atoms with Gasteiger partial charge in [0.2, 0.25) is 0 Å². The first kappa shape index (κ1) is 10.2. The quantitative estimate of drug-likeness (QED) is 0.686. The molecule has 0 bridgehead atoms. The van der Waals surface area contributed by atoms with E-state index in [1.807, 2.05) is 13.0 Å². The standard InChI is InChI=1S/C9H11N3O2S/c1-2-12-9-6-15(13,14)4-3-7(9)8(5-10)11-12/h2-4,6H2,1H3. The Bertz CT molecular complexity index is 536. The van der Waals surface area contributed by atoms with Gasteiger partial charge in [-0.1, -0.05) is 0 Å². The van der Waals surface area contributed by atoms with E-state index in [2.05, 4.69) is 5.10 Å². The van der Waals surface area contributed by atoms with Crippen LogP contribution >= 0.6 is 0 Å². The molecule has 0 atom stereocenters. The molecule has 1 aromatic rings. The molecule has 0 amide bonds. The molecule has 6 heteroatoms. The van der Waals surface area contributed by atoms with Gasteiger partial charge in [0.15, 0.2) is 15.5 Å². The Morgan fingerprint density at radius 3 is 2.93 bits per heavy atom. The molecule has 5 nitrogen and oxygen atoms in total. The summed E-state index contributed by atoms with van der Waals surface area (Å²) >= 11 is 0. The maximum atomic E-state index is 11.5. The molecule has 80 valence electrons. The Labute approximate surface area is 88.2 Å². The highest BCUT2D eigenvalue weighted by Crippen LogP contribution is 2.23. The van der Waals surface area contributed by atoms with Crippen LogP contribution in [0.25, 0.3) is 0 Å². The lowest BCUT2D eigenvalue weighted by Gasteiger charge is -2.13. The number of hydrogen-bond acceptors (Lipinski definition) is 4. The second-order valence-electron chi connectivity index (χ2n) is 3.54. The lowest BCUT2D eigenvalue weighted by Crippen LogP contribution is -2.21. The number of aromatic nitrogens is 2. The number of fused-ring (bicyclic) bond motifs is 1. The van der Waals surface area contributed by atoms with E-state index >= 15 is 0 Å². The number of rotatable bonds is 1. The molecule has 0 saturated carbocycles. The fourth-order valence-electron chi connectivity index (χ4n) is 1.85. The average molecular weight is 225 g/mol. The molecule has 0 saturated heterocycles. The van der Waals surface area contributed by atoms with Crippen molar-refractivity contribution in [1.29, 1.82) is 5.26 Å². The third kappa shape index (κ3) is 1.63. The molecule has 0 radical (unpaired) electrons. The zero-order valence-electron chi connectivity index (χ0n) is 8.39. The highest BCUT2D eigenvalue weighted by molar-refractivity contribution is 7.90. The average Bonchev–Trinajstić information content (AvgIpc) is 2.53. The first-order valence-corrected chi connectivity index (χ1v) is 6.58. The number of aryl methyl sites for hydroxylation is 1. The fourth-order valence-corrected chi connectivity index (χ4v) is 3.25. The molecule has 0 spiro atoms. The summed E-state index contributed by atoms with van der Waals surface area (Å²) in [6.07, 6.45) is 0.417. The Hall–Kier alpha value is -1.35. The first-order chi connectivity index (χ1) is 7.07. The van der Waals surface area contributed by atoms with Gasteiger partial charge in [-0.25, -0.2) is 8.42 Å². The van der Waals surface area contributed by atoms with Gasteiger partial charge in [-0.3, -0.25) is 4.68 Å². The second-order valence-corrected chi connectivity index (χ2v) is 5.73. The van der Waals surface area contributed by atoms with Crippen LogP contribution in [-0.4, -0.2) is 24.0 Å². The second kappa shape index (κ2) is 3.35. The van der Waals surface area contributed by atoms with Crippen LogP contribution in [0.15, 0.2) is 0 Å². The van der Waals surface area contributed by atoms with Crippen molar-refractivity contribution in [2.45, 2.75) is 25.6 Å². The van der Waals surface area contributed by atoms with Gasteiger partial charge in [0.25, 0.3) is 0 Å². The van der Waals surface area contributed by atoms with Crippen LogP contribution < -0.4 is 0 Å². The Morgan fingerprint density at radius 2 is 2.33 bits per heavy atom. The topological polar surface area (TPSA) is 75.8 Å². The zero-order valence-corrected chi connectivity index (χ0v) is 9.21. The lowest BCUT2D eigenvalue weighted by molar-refractivity contribution is 0.580. The van der Waals surface area contributed by atoms with Gasteiger partial charge in [-0.05, 0) is 13.3 Å². The van der Waals surface area contributed by atoms with Crippen LogP contribution in [0.1, 0.15) is 23.9 Å². The minimum absolute atomic E-state index is 0.0187. The molecule has 1 aliphatic heterocycles. The Kier molecular flexibility index (Phi) is 2.27. The van der Waals surface area contributed by atoms with Crippen LogP contribution in [0.4, 0.5) is 0 Å². The van der Waals surface area contributed by atoms with Crippen LogP contribution in [-0.2, 0) is 28.6 Å². The number of nitriles is 1. The van der Waals surface area contributed by atoms with E-state index in [0.717, 1.165) is 5.56 Å².